The van der Waals surface area contributed by atoms with Crippen LogP contribution in [0.5, 0.6) is 0 Å². The Morgan fingerprint density at radius 2 is 1.87 bits per heavy atom. The number of halogens is 3. The molecular formula is C15H13BrF2N4O. The van der Waals surface area contributed by atoms with Crippen LogP contribution in [0.1, 0.15) is 36.7 Å². The van der Waals surface area contributed by atoms with Crippen molar-refractivity contribution in [2.45, 2.75) is 26.3 Å². The van der Waals surface area contributed by atoms with Crippen molar-refractivity contribution in [3.63, 3.8) is 0 Å². The van der Waals surface area contributed by atoms with Crippen LogP contribution in [0.15, 0.2) is 39.2 Å². The molecule has 0 N–H and O–H groups in total. The summed E-state index contributed by atoms with van der Waals surface area (Å²) < 4.78 is 33.3. The molecule has 3 aromatic rings. The molecule has 1 unspecified atom stereocenters. The van der Waals surface area contributed by atoms with Gasteiger partial charge in [-0.05, 0) is 41.9 Å². The van der Waals surface area contributed by atoms with Crippen LogP contribution in [-0.2, 0) is 0 Å². The highest BCUT2D eigenvalue weighted by molar-refractivity contribution is 9.10. The lowest BCUT2D eigenvalue weighted by Gasteiger charge is -2.09. The minimum atomic E-state index is -2.65. The Morgan fingerprint density at radius 3 is 2.48 bits per heavy atom. The van der Waals surface area contributed by atoms with E-state index in [4.69, 9.17) is 4.42 Å². The van der Waals surface area contributed by atoms with Crippen molar-refractivity contribution >= 4 is 15.9 Å². The van der Waals surface area contributed by atoms with E-state index in [9.17, 15) is 8.78 Å². The van der Waals surface area contributed by atoms with Crippen LogP contribution in [0.2, 0.25) is 0 Å². The maximum absolute atomic E-state index is 13.0. The number of hydrogen-bond acceptors (Lipinski definition) is 4. The first-order valence-corrected chi connectivity index (χ1v) is 7.69. The summed E-state index contributed by atoms with van der Waals surface area (Å²) in [5.74, 6) is 0.688. The third-order valence-electron chi connectivity index (χ3n) is 3.49. The molecule has 0 aliphatic heterocycles. The zero-order valence-electron chi connectivity index (χ0n) is 12.4. The van der Waals surface area contributed by atoms with Gasteiger partial charge in [0.15, 0.2) is 0 Å². The maximum Gasteiger partial charge on any atom is 0.283 e. The van der Waals surface area contributed by atoms with Gasteiger partial charge in [-0.2, -0.15) is 5.10 Å². The molecule has 8 heteroatoms. The number of nitrogens with zero attached hydrogens (tertiary/aromatic N) is 4. The summed E-state index contributed by atoms with van der Waals surface area (Å²) in [5.41, 5.74) is 1.08. The molecule has 0 radical (unpaired) electrons. The Morgan fingerprint density at radius 1 is 1.17 bits per heavy atom. The Kier molecular flexibility index (Phi) is 4.25. The lowest BCUT2D eigenvalue weighted by atomic mass is 10.2. The minimum Gasteiger partial charge on any atom is -0.418 e. The smallest absolute Gasteiger partial charge is 0.283 e. The van der Waals surface area contributed by atoms with Crippen LogP contribution >= 0.6 is 15.9 Å². The molecule has 2 aromatic heterocycles. The van der Waals surface area contributed by atoms with E-state index in [-0.39, 0.29) is 5.69 Å². The molecule has 0 spiro atoms. The molecule has 0 amide bonds. The normalized spacial score (nSPS) is 12.8. The van der Waals surface area contributed by atoms with Crippen molar-refractivity contribution in [1.82, 2.24) is 20.0 Å². The molecule has 23 heavy (non-hydrogen) atoms. The first-order chi connectivity index (χ1) is 11.0. The fourth-order valence-corrected chi connectivity index (χ4v) is 2.68. The van der Waals surface area contributed by atoms with Crippen molar-refractivity contribution < 1.29 is 13.2 Å². The van der Waals surface area contributed by atoms with E-state index in [1.165, 1.54) is 4.68 Å². The average molecular weight is 383 g/mol. The van der Waals surface area contributed by atoms with E-state index in [0.29, 0.717) is 21.9 Å². The van der Waals surface area contributed by atoms with Crippen molar-refractivity contribution in [3.8, 4) is 11.5 Å². The van der Waals surface area contributed by atoms with Crippen LogP contribution in [0.3, 0.4) is 0 Å². The number of alkyl halides is 2. The predicted octanol–water partition coefficient (Wildman–Crippen LogP) is 4.55. The van der Waals surface area contributed by atoms with Crippen LogP contribution in [0.4, 0.5) is 8.78 Å². The largest absolute Gasteiger partial charge is 0.418 e. The molecule has 0 saturated heterocycles. The van der Waals surface area contributed by atoms with Gasteiger partial charge in [0.1, 0.15) is 11.7 Å². The monoisotopic (exact) mass is 382 g/mol. The first kappa shape index (κ1) is 15.8. The predicted molar refractivity (Wildman–Crippen MR) is 83.2 cm³/mol. The lowest BCUT2D eigenvalue weighted by molar-refractivity contribution is 0.144. The summed E-state index contributed by atoms with van der Waals surface area (Å²) in [4.78, 5) is 0. The highest BCUT2D eigenvalue weighted by atomic mass is 79.9. The third kappa shape index (κ3) is 2.90. The fourth-order valence-electron chi connectivity index (χ4n) is 2.24. The van der Waals surface area contributed by atoms with E-state index >= 15 is 0 Å². The van der Waals surface area contributed by atoms with E-state index in [1.54, 1.807) is 13.8 Å². The van der Waals surface area contributed by atoms with E-state index in [2.05, 4.69) is 31.2 Å². The Hall–Kier alpha value is -2.09. The zero-order valence-corrected chi connectivity index (χ0v) is 14.0. The first-order valence-electron chi connectivity index (χ1n) is 6.90. The molecule has 2 heterocycles. The molecule has 0 saturated carbocycles. The summed E-state index contributed by atoms with van der Waals surface area (Å²) >= 11 is 3.15. The van der Waals surface area contributed by atoms with Gasteiger partial charge >= 0.3 is 0 Å². The summed E-state index contributed by atoms with van der Waals surface area (Å²) in [6, 6.07) is 8.88. The van der Waals surface area contributed by atoms with Crippen LogP contribution in [0, 0.1) is 6.92 Å². The van der Waals surface area contributed by atoms with E-state index < -0.39 is 12.5 Å². The SMILES string of the molecule is Cc1c(Br)c(C(F)F)nn1C(C)c1nnc(-c2ccccc2)o1. The Labute approximate surface area is 139 Å². The van der Waals surface area contributed by atoms with E-state index in [1.807, 2.05) is 30.3 Å². The second-order valence-corrected chi connectivity index (χ2v) is 5.81. The summed E-state index contributed by atoms with van der Waals surface area (Å²) in [7, 11) is 0. The molecule has 1 aromatic carbocycles. The quantitative estimate of drug-likeness (QED) is 0.663. The van der Waals surface area contributed by atoms with Gasteiger partial charge in [0.25, 0.3) is 6.43 Å². The molecule has 0 fully saturated rings. The summed E-state index contributed by atoms with van der Waals surface area (Å²) in [6.07, 6.45) is -2.65. The van der Waals surface area contributed by atoms with Gasteiger partial charge in [0, 0.05) is 5.56 Å². The number of rotatable bonds is 4. The Bertz CT molecular complexity index is 816. The molecule has 5 nitrogen and oxygen atoms in total. The zero-order chi connectivity index (χ0) is 16.6. The van der Waals surface area contributed by atoms with Crippen molar-refractivity contribution in [2.24, 2.45) is 0 Å². The minimum absolute atomic E-state index is 0.294. The van der Waals surface area contributed by atoms with Crippen LogP contribution < -0.4 is 0 Å². The highest BCUT2D eigenvalue weighted by Crippen LogP contribution is 2.32. The third-order valence-corrected chi connectivity index (χ3v) is 4.47. The Balaban J connectivity index is 1.94. The lowest BCUT2D eigenvalue weighted by Crippen LogP contribution is -2.11. The van der Waals surface area contributed by atoms with Gasteiger partial charge < -0.3 is 4.42 Å². The molecular weight excluding hydrogens is 370 g/mol. The van der Waals surface area contributed by atoms with Crippen LogP contribution in [-0.4, -0.2) is 20.0 Å². The van der Waals surface area contributed by atoms with Crippen LogP contribution in [0.25, 0.3) is 11.5 Å². The topological polar surface area (TPSA) is 56.7 Å². The number of hydrogen-bond donors (Lipinski definition) is 0. The highest BCUT2D eigenvalue weighted by Gasteiger charge is 2.25. The van der Waals surface area contributed by atoms with Gasteiger partial charge in [-0.25, -0.2) is 8.78 Å². The molecule has 0 aliphatic carbocycles. The van der Waals surface area contributed by atoms with Gasteiger partial charge in [-0.15, -0.1) is 10.2 Å². The second-order valence-electron chi connectivity index (χ2n) is 5.02. The van der Waals surface area contributed by atoms with Crippen molar-refractivity contribution in [2.75, 3.05) is 0 Å². The average Bonchev–Trinajstić information content (AvgIpc) is 3.14. The van der Waals surface area contributed by atoms with Gasteiger partial charge in [0.05, 0.1) is 10.2 Å². The molecule has 0 bridgehead atoms. The number of benzene rings is 1. The molecule has 120 valence electrons. The number of aromatic nitrogens is 4. The summed E-state index contributed by atoms with van der Waals surface area (Å²) in [6.45, 7) is 3.47. The van der Waals surface area contributed by atoms with Gasteiger partial charge in [-0.3, -0.25) is 4.68 Å². The van der Waals surface area contributed by atoms with Crippen molar-refractivity contribution in [3.05, 3.63) is 52.1 Å². The standard InChI is InChI=1S/C15H13BrF2N4O/c1-8-11(16)12(13(17)18)21-22(8)9(2)14-19-20-15(23-14)10-6-4-3-5-7-10/h3-7,9,13H,1-2H3. The van der Waals surface area contributed by atoms with Gasteiger partial charge in [0.2, 0.25) is 11.8 Å². The van der Waals surface area contributed by atoms with Crippen molar-refractivity contribution in [1.29, 1.82) is 0 Å². The molecule has 1 atom stereocenters. The second kappa shape index (κ2) is 6.19. The van der Waals surface area contributed by atoms with Gasteiger partial charge in [-0.1, -0.05) is 18.2 Å². The molecule has 0 aliphatic rings. The summed E-state index contributed by atoms with van der Waals surface area (Å²) in [5, 5.41) is 12.0. The fraction of sp³-hybridized carbons (Fsp3) is 0.267. The molecule has 3 rings (SSSR count). The van der Waals surface area contributed by atoms with E-state index in [0.717, 1.165) is 5.56 Å². The maximum atomic E-state index is 13.0.